The number of nitrogens with one attached hydrogen (secondary N) is 1. The third kappa shape index (κ3) is 3.23. The minimum absolute atomic E-state index is 0.0407. The molecule has 0 radical (unpaired) electrons. The molecule has 1 atom stereocenters. The molecule has 0 saturated carbocycles. The van der Waals surface area contributed by atoms with Crippen LogP contribution in [0.1, 0.15) is 22.5 Å². The second-order valence-corrected chi connectivity index (χ2v) is 6.72. The van der Waals surface area contributed by atoms with Crippen LogP contribution in [0.3, 0.4) is 0 Å². The lowest BCUT2D eigenvalue weighted by atomic mass is 10.2. The molecule has 1 fully saturated rings. The number of sulfone groups is 1. The van der Waals surface area contributed by atoms with Crippen molar-refractivity contribution in [2.75, 3.05) is 11.5 Å². The molecule has 1 unspecified atom stereocenters. The van der Waals surface area contributed by atoms with Gasteiger partial charge in [-0.05, 0) is 18.6 Å². The van der Waals surface area contributed by atoms with E-state index in [2.05, 4.69) is 15.5 Å². The Kier molecular flexibility index (Phi) is 3.89. The molecule has 0 aliphatic carbocycles. The van der Waals surface area contributed by atoms with E-state index in [4.69, 9.17) is 10.9 Å². The van der Waals surface area contributed by atoms with E-state index in [0.29, 0.717) is 12.0 Å². The first-order valence-corrected chi connectivity index (χ1v) is 7.68. The number of aromatic nitrogens is 1. The number of nitrogens with two attached hydrogens (primary N) is 1. The molecule has 1 aromatic rings. The Morgan fingerprint density at radius 2 is 2.25 bits per heavy atom. The molecule has 9 heteroatoms. The van der Waals surface area contributed by atoms with Crippen LogP contribution in [0.2, 0.25) is 0 Å². The lowest BCUT2D eigenvalue weighted by Gasteiger charge is -2.10. The molecule has 8 nitrogen and oxygen atoms in total. The van der Waals surface area contributed by atoms with Gasteiger partial charge in [-0.25, -0.2) is 8.42 Å². The number of oxime groups is 1. The normalized spacial score (nSPS) is 21.6. The third-order valence-corrected chi connectivity index (χ3v) is 4.74. The Bertz CT molecular complexity index is 639. The van der Waals surface area contributed by atoms with Crippen molar-refractivity contribution in [2.24, 2.45) is 10.9 Å². The molecular weight excluding hydrogens is 284 g/mol. The number of hydrogen-bond acceptors (Lipinski definition) is 6. The predicted octanol–water partition coefficient (Wildman–Crippen LogP) is -0.907. The molecule has 4 N–H and O–H groups in total. The van der Waals surface area contributed by atoms with E-state index in [1.165, 1.54) is 18.3 Å². The zero-order chi connectivity index (χ0) is 14.8. The lowest BCUT2D eigenvalue weighted by molar-refractivity contribution is 0.0936. The van der Waals surface area contributed by atoms with Gasteiger partial charge in [-0.2, -0.15) is 0 Å². The quantitative estimate of drug-likeness (QED) is 0.286. The van der Waals surface area contributed by atoms with Crippen LogP contribution >= 0.6 is 0 Å². The number of nitrogens with zero attached hydrogens (tertiary/aromatic N) is 2. The minimum atomic E-state index is -3.04. The number of rotatable bonds is 3. The Balaban J connectivity index is 2.03. The Morgan fingerprint density at radius 1 is 1.50 bits per heavy atom. The number of carbonyl (C=O) groups excluding carboxylic acids is 1. The van der Waals surface area contributed by atoms with Gasteiger partial charge in [0.05, 0.1) is 11.5 Å². The molecule has 1 aliphatic rings. The van der Waals surface area contributed by atoms with Crippen LogP contribution in [0.4, 0.5) is 0 Å². The summed E-state index contributed by atoms with van der Waals surface area (Å²) in [4.78, 5) is 15.8. The van der Waals surface area contributed by atoms with Gasteiger partial charge in [0.1, 0.15) is 5.69 Å². The molecule has 1 amide bonds. The predicted molar refractivity (Wildman–Crippen MR) is 71.3 cm³/mol. The largest absolute Gasteiger partial charge is 0.409 e. The summed E-state index contributed by atoms with van der Waals surface area (Å²) in [5.41, 5.74) is 5.90. The maximum absolute atomic E-state index is 11.9. The van der Waals surface area contributed by atoms with Crippen molar-refractivity contribution in [3.05, 3.63) is 29.6 Å². The highest BCUT2D eigenvalue weighted by atomic mass is 32.2. The summed E-state index contributed by atoms with van der Waals surface area (Å²) in [5, 5.41) is 13.9. The summed E-state index contributed by atoms with van der Waals surface area (Å²) in [6.45, 7) is 0. The number of carbonyl (C=O) groups is 1. The monoisotopic (exact) mass is 298 g/mol. The highest BCUT2D eigenvalue weighted by molar-refractivity contribution is 7.91. The summed E-state index contributed by atoms with van der Waals surface area (Å²) in [6.07, 6.45) is 1.71. The van der Waals surface area contributed by atoms with Gasteiger partial charge in [0.25, 0.3) is 5.91 Å². The van der Waals surface area contributed by atoms with Crippen LogP contribution in [0.15, 0.2) is 23.5 Å². The van der Waals surface area contributed by atoms with E-state index in [1.54, 1.807) is 0 Å². The van der Waals surface area contributed by atoms with Crippen LogP contribution < -0.4 is 11.1 Å². The van der Waals surface area contributed by atoms with Gasteiger partial charge in [-0.1, -0.05) is 5.16 Å². The fourth-order valence-corrected chi connectivity index (χ4v) is 3.58. The van der Waals surface area contributed by atoms with Gasteiger partial charge < -0.3 is 16.3 Å². The van der Waals surface area contributed by atoms with Gasteiger partial charge in [0, 0.05) is 17.8 Å². The average Bonchev–Trinajstić information content (AvgIpc) is 2.77. The standard InChI is InChI=1S/C11H14N4O4S/c12-10(15-17)7-1-2-9(13-5-7)11(16)14-8-3-4-20(18,19)6-8/h1-2,5,8,17H,3-4,6H2,(H2,12,15)(H,14,16). The van der Waals surface area contributed by atoms with Crippen LogP contribution in [0.25, 0.3) is 0 Å². The second kappa shape index (κ2) is 5.45. The number of pyridine rings is 1. The molecule has 0 aromatic carbocycles. The van der Waals surface area contributed by atoms with E-state index in [1.807, 2.05) is 0 Å². The third-order valence-electron chi connectivity index (χ3n) is 2.97. The molecule has 2 rings (SSSR count). The van der Waals surface area contributed by atoms with Crippen LogP contribution in [-0.4, -0.2) is 47.9 Å². The Morgan fingerprint density at radius 3 is 2.75 bits per heavy atom. The van der Waals surface area contributed by atoms with Crippen molar-refractivity contribution < 1.29 is 18.4 Å². The van der Waals surface area contributed by atoms with Crippen LogP contribution in [0.5, 0.6) is 0 Å². The van der Waals surface area contributed by atoms with Crippen LogP contribution in [-0.2, 0) is 9.84 Å². The summed E-state index contributed by atoms with van der Waals surface area (Å²) < 4.78 is 22.6. The number of amidine groups is 1. The number of hydrogen-bond donors (Lipinski definition) is 3. The first-order valence-electron chi connectivity index (χ1n) is 5.86. The maximum atomic E-state index is 11.9. The van der Waals surface area contributed by atoms with Crippen molar-refractivity contribution in [1.29, 1.82) is 0 Å². The first-order chi connectivity index (χ1) is 9.41. The molecular formula is C11H14N4O4S. The SMILES string of the molecule is NC(=NO)c1ccc(C(=O)NC2CCS(=O)(=O)C2)nc1. The van der Waals surface area contributed by atoms with E-state index in [-0.39, 0.29) is 29.1 Å². The van der Waals surface area contributed by atoms with E-state index in [9.17, 15) is 13.2 Å². The van der Waals surface area contributed by atoms with Crippen molar-refractivity contribution in [3.63, 3.8) is 0 Å². The van der Waals surface area contributed by atoms with Gasteiger partial charge in [-0.15, -0.1) is 0 Å². The topological polar surface area (TPSA) is 135 Å². The second-order valence-electron chi connectivity index (χ2n) is 4.49. The Hall–Kier alpha value is -2.16. The molecule has 20 heavy (non-hydrogen) atoms. The van der Waals surface area contributed by atoms with Crippen LogP contribution in [0, 0.1) is 0 Å². The molecule has 1 saturated heterocycles. The van der Waals surface area contributed by atoms with Crippen molar-refractivity contribution >= 4 is 21.6 Å². The summed E-state index contributed by atoms with van der Waals surface area (Å²) in [7, 11) is -3.04. The fourth-order valence-electron chi connectivity index (χ4n) is 1.91. The van der Waals surface area contributed by atoms with E-state index >= 15 is 0 Å². The van der Waals surface area contributed by atoms with Gasteiger partial charge in [0.15, 0.2) is 15.7 Å². The lowest BCUT2D eigenvalue weighted by Crippen LogP contribution is -2.36. The fraction of sp³-hybridized carbons (Fsp3) is 0.364. The number of amides is 1. The highest BCUT2D eigenvalue weighted by Crippen LogP contribution is 2.12. The maximum Gasteiger partial charge on any atom is 0.270 e. The van der Waals surface area contributed by atoms with Gasteiger partial charge in [0.2, 0.25) is 0 Å². The van der Waals surface area contributed by atoms with E-state index in [0.717, 1.165) is 0 Å². The Labute approximate surface area is 115 Å². The first kappa shape index (κ1) is 14.3. The zero-order valence-corrected chi connectivity index (χ0v) is 11.3. The molecule has 108 valence electrons. The summed E-state index contributed by atoms with van der Waals surface area (Å²) in [5.74, 6) is -0.501. The molecule has 1 aromatic heterocycles. The smallest absolute Gasteiger partial charge is 0.270 e. The minimum Gasteiger partial charge on any atom is -0.409 e. The molecule has 1 aliphatic heterocycles. The van der Waals surface area contributed by atoms with Crippen molar-refractivity contribution in [2.45, 2.75) is 12.5 Å². The van der Waals surface area contributed by atoms with Crippen molar-refractivity contribution in [3.8, 4) is 0 Å². The molecule has 2 heterocycles. The summed E-state index contributed by atoms with van der Waals surface area (Å²) in [6, 6.07) is 2.53. The summed E-state index contributed by atoms with van der Waals surface area (Å²) >= 11 is 0. The zero-order valence-electron chi connectivity index (χ0n) is 10.5. The molecule has 0 spiro atoms. The van der Waals surface area contributed by atoms with Gasteiger partial charge >= 0.3 is 0 Å². The highest BCUT2D eigenvalue weighted by Gasteiger charge is 2.29. The van der Waals surface area contributed by atoms with Crippen molar-refractivity contribution in [1.82, 2.24) is 10.3 Å². The van der Waals surface area contributed by atoms with Gasteiger partial charge in [-0.3, -0.25) is 9.78 Å². The average molecular weight is 298 g/mol. The molecule has 0 bridgehead atoms. The van der Waals surface area contributed by atoms with E-state index < -0.39 is 15.7 Å².